The molecule has 0 saturated carbocycles. The monoisotopic (exact) mass is 337 g/mol. The van der Waals surface area contributed by atoms with Gasteiger partial charge in [-0.3, -0.25) is 4.79 Å². The second-order valence-electron chi connectivity index (χ2n) is 6.58. The predicted molar refractivity (Wildman–Crippen MR) is 100 cm³/mol. The summed E-state index contributed by atoms with van der Waals surface area (Å²) in [7, 11) is 0. The molecule has 1 fully saturated rings. The molecule has 0 spiro atoms. The molecule has 1 unspecified atom stereocenters. The van der Waals surface area contributed by atoms with E-state index in [1.54, 1.807) is 4.90 Å². The van der Waals surface area contributed by atoms with Crippen LogP contribution in [0.25, 0.3) is 0 Å². The Kier molecular flexibility index (Phi) is 4.74. The maximum absolute atomic E-state index is 12.6. The number of benzene rings is 2. The highest BCUT2D eigenvalue weighted by Gasteiger charge is 2.33. The number of hydrogen-bond donors (Lipinski definition) is 2. The summed E-state index contributed by atoms with van der Waals surface area (Å²) in [6.07, 6.45) is 0.604. The number of carbonyl (C=O) groups is 2. The van der Waals surface area contributed by atoms with Crippen molar-refractivity contribution in [3.05, 3.63) is 59.2 Å². The summed E-state index contributed by atoms with van der Waals surface area (Å²) in [5.41, 5.74) is 4.91. The van der Waals surface area contributed by atoms with Crippen molar-refractivity contribution in [2.24, 2.45) is 0 Å². The number of hydrogen-bond acceptors (Lipinski definition) is 2. The first-order chi connectivity index (χ1) is 11.9. The van der Waals surface area contributed by atoms with Gasteiger partial charge >= 0.3 is 6.03 Å². The Bertz CT molecular complexity index is 799. The van der Waals surface area contributed by atoms with Gasteiger partial charge in [-0.1, -0.05) is 35.4 Å². The van der Waals surface area contributed by atoms with Crippen LogP contribution in [-0.4, -0.2) is 24.5 Å². The van der Waals surface area contributed by atoms with Crippen molar-refractivity contribution in [3.63, 3.8) is 0 Å². The summed E-state index contributed by atoms with van der Waals surface area (Å²) in [5.74, 6) is -0.0698. The highest BCUT2D eigenvalue weighted by Crippen LogP contribution is 2.22. The fourth-order valence-corrected chi connectivity index (χ4v) is 3.07. The van der Waals surface area contributed by atoms with E-state index in [1.165, 1.54) is 0 Å². The lowest BCUT2D eigenvalue weighted by atomic mass is 10.1. The van der Waals surface area contributed by atoms with Crippen molar-refractivity contribution in [2.75, 3.05) is 16.8 Å². The Labute approximate surface area is 148 Å². The normalized spacial score (nSPS) is 16.8. The lowest BCUT2D eigenvalue weighted by Crippen LogP contribution is -2.43. The number of aryl methyl sites for hydroxylation is 3. The zero-order valence-corrected chi connectivity index (χ0v) is 14.8. The van der Waals surface area contributed by atoms with Crippen LogP contribution in [0.15, 0.2) is 42.5 Å². The van der Waals surface area contributed by atoms with Crippen molar-refractivity contribution in [1.29, 1.82) is 0 Å². The van der Waals surface area contributed by atoms with Crippen molar-refractivity contribution in [3.8, 4) is 0 Å². The quantitative estimate of drug-likeness (QED) is 0.900. The molecule has 5 heteroatoms. The standard InChI is InChI=1S/C20H23N3O2/c1-13-4-7-16(8-5-13)23-11-10-18(19(23)24)22-20(25)21-17-9-6-14(2)12-15(17)3/h4-9,12,18H,10-11H2,1-3H3,(H2,21,22,25). The molecule has 130 valence electrons. The van der Waals surface area contributed by atoms with Crippen LogP contribution in [0.5, 0.6) is 0 Å². The first-order valence-corrected chi connectivity index (χ1v) is 8.47. The smallest absolute Gasteiger partial charge is 0.319 e. The average molecular weight is 337 g/mol. The molecular weight excluding hydrogens is 314 g/mol. The fourth-order valence-electron chi connectivity index (χ4n) is 3.07. The first-order valence-electron chi connectivity index (χ1n) is 8.47. The number of nitrogens with zero attached hydrogens (tertiary/aromatic N) is 1. The van der Waals surface area contributed by atoms with Crippen LogP contribution in [0.3, 0.4) is 0 Å². The number of nitrogens with one attached hydrogen (secondary N) is 2. The Morgan fingerprint density at radius 2 is 1.72 bits per heavy atom. The van der Waals surface area contributed by atoms with Gasteiger partial charge in [-0.25, -0.2) is 4.79 Å². The summed E-state index contributed by atoms with van der Waals surface area (Å²) in [5, 5.41) is 5.61. The second-order valence-corrected chi connectivity index (χ2v) is 6.58. The van der Waals surface area contributed by atoms with Crippen LogP contribution in [0.1, 0.15) is 23.1 Å². The maximum atomic E-state index is 12.6. The van der Waals surface area contributed by atoms with Crippen LogP contribution in [0.4, 0.5) is 16.2 Å². The largest absolute Gasteiger partial charge is 0.326 e. The molecule has 3 amide bonds. The summed E-state index contributed by atoms with van der Waals surface area (Å²) >= 11 is 0. The molecule has 2 N–H and O–H groups in total. The zero-order chi connectivity index (χ0) is 18.0. The first kappa shape index (κ1) is 17.0. The lowest BCUT2D eigenvalue weighted by Gasteiger charge is -2.18. The van der Waals surface area contributed by atoms with Crippen LogP contribution in [0, 0.1) is 20.8 Å². The molecule has 5 nitrogen and oxygen atoms in total. The SMILES string of the molecule is Cc1ccc(N2CCC(NC(=O)Nc3ccc(C)cc3C)C2=O)cc1. The molecule has 1 aliphatic rings. The minimum absolute atomic E-state index is 0.0698. The van der Waals surface area contributed by atoms with Crippen LogP contribution < -0.4 is 15.5 Å². The van der Waals surface area contributed by atoms with E-state index in [0.717, 1.165) is 28.1 Å². The van der Waals surface area contributed by atoms with E-state index in [2.05, 4.69) is 10.6 Å². The Morgan fingerprint density at radius 1 is 1.04 bits per heavy atom. The molecule has 3 rings (SSSR count). The highest BCUT2D eigenvalue weighted by atomic mass is 16.2. The van der Waals surface area contributed by atoms with Gasteiger partial charge < -0.3 is 15.5 Å². The third-order valence-corrected chi connectivity index (χ3v) is 4.49. The van der Waals surface area contributed by atoms with Gasteiger partial charge in [-0.05, 0) is 51.0 Å². The minimum atomic E-state index is -0.493. The van der Waals surface area contributed by atoms with Crippen LogP contribution in [-0.2, 0) is 4.79 Å². The predicted octanol–water partition coefficient (Wildman–Crippen LogP) is 3.54. The van der Waals surface area contributed by atoms with Crippen molar-refractivity contribution in [1.82, 2.24) is 5.32 Å². The van der Waals surface area contributed by atoms with Crippen molar-refractivity contribution in [2.45, 2.75) is 33.2 Å². The van der Waals surface area contributed by atoms with Gasteiger partial charge in [0.15, 0.2) is 0 Å². The van der Waals surface area contributed by atoms with E-state index < -0.39 is 6.04 Å². The minimum Gasteiger partial charge on any atom is -0.326 e. The van der Waals surface area contributed by atoms with E-state index >= 15 is 0 Å². The highest BCUT2D eigenvalue weighted by molar-refractivity contribution is 6.02. The van der Waals surface area contributed by atoms with E-state index in [4.69, 9.17) is 0 Å². The molecule has 0 bridgehead atoms. The molecule has 2 aromatic rings. The molecular formula is C20H23N3O2. The third-order valence-electron chi connectivity index (χ3n) is 4.49. The molecule has 1 heterocycles. The molecule has 1 aliphatic heterocycles. The van der Waals surface area contributed by atoms with Crippen LogP contribution >= 0.6 is 0 Å². The molecule has 25 heavy (non-hydrogen) atoms. The van der Waals surface area contributed by atoms with Gasteiger partial charge in [0, 0.05) is 17.9 Å². The average Bonchev–Trinajstić information content (AvgIpc) is 2.92. The fraction of sp³-hybridized carbons (Fsp3) is 0.300. The number of carbonyl (C=O) groups excluding carboxylic acids is 2. The molecule has 1 atom stereocenters. The molecule has 0 radical (unpaired) electrons. The number of anilines is 2. The Hall–Kier alpha value is -2.82. The maximum Gasteiger partial charge on any atom is 0.319 e. The van der Waals surface area contributed by atoms with Gasteiger partial charge in [-0.2, -0.15) is 0 Å². The molecule has 2 aromatic carbocycles. The van der Waals surface area contributed by atoms with Crippen molar-refractivity contribution >= 4 is 23.3 Å². The van der Waals surface area contributed by atoms with Gasteiger partial charge in [0.1, 0.15) is 6.04 Å². The molecule has 0 aliphatic carbocycles. The zero-order valence-electron chi connectivity index (χ0n) is 14.8. The van der Waals surface area contributed by atoms with E-state index in [0.29, 0.717) is 13.0 Å². The van der Waals surface area contributed by atoms with Gasteiger partial charge in [0.2, 0.25) is 5.91 Å². The number of rotatable bonds is 3. The summed E-state index contributed by atoms with van der Waals surface area (Å²) in [6.45, 7) is 6.57. The third kappa shape index (κ3) is 3.82. The Morgan fingerprint density at radius 3 is 2.40 bits per heavy atom. The van der Waals surface area contributed by atoms with E-state index in [1.807, 2.05) is 63.2 Å². The number of urea groups is 1. The van der Waals surface area contributed by atoms with Gasteiger partial charge in [-0.15, -0.1) is 0 Å². The van der Waals surface area contributed by atoms with Gasteiger partial charge in [0.05, 0.1) is 0 Å². The summed E-state index contributed by atoms with van der Waals surface area (Å²) < 4.78 is 0. The van der Waals surface area contributed by atoms with Crippen molar-refractivity contribution < 1.29 is 9.59 Å². The number of amides is 3. The molecule has 0 aromatic heterocycles. The Balaban J connectivity index is 1.62. The topological polar surface area (TPSA) is 61.4 Å². The second kappa shape index (κ2) is 6.97. The van der Waals surface area contributed by atoms with E-state index in [9.17, 15) is 9.59 Å². The lowest BCUT2D eigenvalue weighted by molar-refractivity contribution is -0.118. The molecule has 1 saturated heterocycles. The van der Waals surface area contributed by atoms with Gasteiger partial charge in [0.25, 0.3) is 0 Å². The summed E-state index contributed by atoms with van der Waals surface area (Å²) in [6, 6.07) is 12.8. The van der Waals surface area contributed by atoms with E-state index in [-0.39, 0.29) is 11.9 Å². The summed E-state index contributed by atoms with van der Waals surface area (Å²) in [4.78, 5) is 26.5. The van der Waals surface area contributed by atoms with Crippen LogP contribution in [0.2, 0.25) is 0 Å².